The molecule has 2 unspecified atom stereocenters. The SMILES string of the molecule is CC(NC(C)(CO)c1ccccc1)C(=O)N(C)C. The number of likely N-dealkylation sites (N-methyl/N-ethyl adjacent to an activating group) is 1. The Balaban J connectivity index is 2.87. The van der Waals surface area contributed by atoms with Crippen LogP contribution in [0.15, 0.2) is 30.3 Å². The maximum absolute atomic E-state index is 11.8. The summed E-state index contributed by atoms with van der Waals surface area (Å²) in [5, 5.41) is 12.8. The Hall–Kier alpha value is -1.39. The highest BCUT2D eigenvalue weighted by molar-refractivity contribution is 5.81. The van der Waals surface area contributed by atoms with Crippen molar-refractivity contribution in [3.05, 3.63) is 35.9 Å². The molecule has 0 heterocycles. The summed E-state index contributed by atoms with van der Waals surface area (Å²) in [7, 11) is 3.44. The van der Waals surface area contributed by atoms with Gasteiger partial charge in [-0.1, -0.05) is 30.3 Å². The number of hydrogen-bond donors (Lipinski definition) is 2. The Morgan fingerprint density at radius 3 is 2.39 bits per heavy atom. The minimum Gasteiger partial charge on any atom is -0.394 e. The summed E-state index contributed by atoms with van der Waals surface area (Å²) in [6, 6.07) is 9.30. The molecular formula is C14H22N2O2. The number of benzene rings is 1. The molecule has 0 aliphatic carbocycles. The van der Waals surface area contributed by atoms with Crippen LogP contribution in [0, 0.1) is 0 Å². The molecule has 0 radical (unpaired) electrons. The Labute approximate surface area is 109 Å². The number of hydrogen-bond acceptors (Lipinski definition) is 3. The summed E-state index contributed by atoms with van der Waals surface area (Å²) in [6.07, 6.45) is 0. The van der Waals surface area contributed by atoms with Gasteiger partial charge in [-0.2, -0.15) is 0 Å². The van der Waals surface area contributed by atoms with Gasteiger partial charge >= 0.3 is 0 Å². The third kappa shape index (κ3) is 3.31. The van der Waals surface area contributed by atoms with E-state index in [2.05, 4.69) is 5.32 Å². The highest BCUT2D eigenvalue weighted by Gasteiger charge is 2.29. The number of nitrogens with one attached hydrogen (secondary N) is 1. The zero-order valence-corrected chi connectivity index (χ0v) is 11.5. The molecule has 1 aromatic rings. The number of rotatable bonds is 5. The molecule has 0 saturated carbocycles. The predicted octanol–water partition coefficient (Wildman–Crippen LogP) is 0.960. The summed E-state index contributed by atoms with van der Waals surface area (Å²) in [5.74, 6) is -0.00870. The number of carbonyl (C=O) groups excluding carboxylic acids is 1. The third-order valence-corrected chi connectivity index (χ3v) is 3.07. The van der Waals surface area contributed by atoms with Gasteiger partial charge in [-0.3, -0.25) is 10.1 Å². The smallest absolute Gasteiger partial charge is 0.238 e. The predicted molar refractivity (Wildman–Crippen MR) is 72.2 cm³/mol. The molecular weight excluding hydrogens is 228 g/mol. The van der Waals surface area contributed by atoms with Gasteiger partial charge in [0.1, 0.15) is 0 Å². The van der Waals surface area contributed by atoms with Gasteiger partial charge in [0, 0.05) is 14.1 Å². The molecule has 0 fully saturated rings. The molecule has 4 heteroatoms. The highest BCUT2D eigenvalue weighted by atomic mass is 16.3. The van der Waals surface area contributed by atoms with E-state index in [-0.39, 0.29) is 18.6 Å². The van der Waals surface area contributed by atoms with E-state index >= 15 is 0 Å². The van der Waals surface area contributed by atoms with Crippen molar-refractivity contribution in [1.82, 2.24) is 10.2 Å². The van der Waals surface area contributed by atoms with Gasteiger partial charge in [0.15, 0.2) is 0 Å². The van der Waals surface area contributed by atoms with Crippen molar-refractivity contribution in [2.24, 2.45) is 0 Å². The van der Waals surface area contributed by atoms with E-state index in [0.717, 1.165) is 5.56 Å². The molecule has 0 aliphatic rings. The molecule has 2 N–H and O–H groups in total. The minimum absolute atomic E-state index is 0.00870. The van der Waals surface area contributed by atoms with Gasteiger partial charge < -0.3 is 10.0 Å². The lowest BCUT2D eigenvalue weighted by Gasteiger charge is -2.33. The molecule has 0 aromatic heterocycles. The number of aliphatic hydroxyl groups is 1. The summed E-state index contributed by atoms with van der Waals surface area (Å²) >= 11 is 0. The zero-order chi connectivity index (χ0) is 13.8. The lowest BCUT2D eigenvalue weighted by molar-refractivity contribution is -0.131. The van der Waals surface area contributed by atoms with Crippen molar-refractivity contribution in [3.8, 4) is 0 Å². The fraction of sp³-hybridized carbons (Fsp3) is 0.500. The van der Waals surface area contributed by atoms with Crippen molar-refractivity contribution in [2.75, 3.05) is 20.7 Å². The molecule has 18 heavy (non-hydrogen) atoms. The summed E-state index contributed by atoms with van der Waals surface area (Å²) in [5.41, 5.74) is 0.345. The summed E-state index contributed by atoms with van der Waals surface area (Å²) < 4.78 is 0. The first-order valence-electron chi connectivity index (χ1n) is 6.06. The first-order valence-corrected chi connectivity index (χ1v) is 6.06. The van der Waals surface area contributed by atoms with Crippen molar-refractivity contribution in [3.63, 3.8) is 0 Å². The molecule has 100 valence electrons. The second kappa shape index (κ2) is 5.98. The summed E-state index contributed by atoms with van der Waals surface area (Å²) in [6.45, 7) is 3.63. The molecule has 0 spiro atoms. The Morgan fingerprint density at radius 2 is 1.94 bits per heavy atom. The highest BCUT2D eigenvalue weighted by Crippen LogP contribution is 2.20. The first-order chi connectivity index (χ1) is 8.40. The number of aliphatic hydroxyl groups excluding tert-OH is 1. The van der Waals surface area contributed by atoms with Crippen molar-refractivity contribution in [1.29, 1.82) is 0 Å². The minimum atomic E-state index is -0.619. The Bertz CT molecular complexity index is 392. The van der Waals surface area contributed by atoms with Crippen LogP contribution in [0.3, 0.4) is 0 Å². The summed E-state index contributed by atoms with van der Waals surface area (Å²) in [4.78, 5) is 13.4. The van der Waals surface area contributed by atoms with Gasteiger partial charge in [-0.15, -0.1) is 0 Å². The van der Waals surface area contributed by atoms with Crippen LogP contribution in [0.4, 0.5) is 0 Å². The quantitative estimate of drug-likeness (QED) is 0.818. The van der Waals surface area contributed by atoms with Crippen LogP contribution in [-0.2, 0) is 10.3 Å². The molecule has 0 saturated heterocycles. The number of nitrogens with zero attached hydrogens (tertiary/aromatic N) is 1. The van der Waals surface area contributed by atoms with E-state index in [4.69, 9.17) is 0 Å². The average molecular weight is 250 g/mol. The van der Waals surface area contributed by atoms with E-state index in [1.807, 2.05) is 37.3 Å². The maximum Gasteiger partial charge on any atom is 0.238 e. The number of carbonyl (C=O) groups is 1. The van der Waals surface area contributed by atoms with Crippen molar-refractivity contribution >= 4 is 5.91 Å². The zero-order valence-electron chi connectivity index (χ0n) is 11.5. The maximum atomic E-state index is 11.8. The second-order valence-electron chi connectivity index (χ2n) is 4.95. The lowest BCUT2D eigenvalue weighted by atomic mass is 9.92. The van der Waals surface area contributed by atoms with Gasteiger partial charge in [0.25, 0.3) is 0 Å². The molecule has 1 amide bonds. The average Bonchev–Trinajstić information content (AvgIpc) is 2.38. The van der Waals surface area contributed by atoms with Gasteiger partial charge in [-0.05, 0) is 19.4 Å². The van der Waals surface area contributed by atoms with Crippen LogP contribution in [0.25, 0.3) is 0 Å². The van der Waals surface area contributed by atoms with Crippen molar-refractivity contribution in [2.45, 2.75) is 25.4 Å². The standard InChI is InChI=1S/C14H22N2O2/c1-11(13(18)16(3)4)15-14(2,10-17)12-8-6-5-7-9-12/h5-9,11,15,17H,10H2,1-4H3. The lowest BCUT2D eigenvalue weighted by Crippen LogP contribution is -2.52. The third-order valence-electron chi connectivity index (χ3n) is 3.07. The van der Waals surface area contributed by atoms with E-state index < -0.39 is 5.54 Å². The fourth-order valence-electron chi connectivity index (χ4n) is 1.95. The molecule has 2 atom stereocenters. The molecule has 0 bridgehead atoms. The Morgan fingerprint density at radius 1 is 1.39 bits per heavy atom. The molecule has 1 aromatic carbocycles. The normalized spacial score (nSPS) is 15.8. The second-order valence-corrected chi connectivity index (χ2v) is 4.95. The first kappa shape index (κ1) is 14.7. The topological polar surface area (TPSA) is 52.6 Å². The van der Waals surface area contributed by atoms with Crippen LogP contribution < -0.4 is 5.32 Å². The van der Waals surface area contributed by atoms with E-state index in [0.29, 0.717) is 0 Å². The van der Waals surface area contributed by atoms with Crippen LogP contribution >= 0.6 is 0 Å². The van der Waals surface area contributed by atoms with Crippen LogP contribution in [0.1, 0.15) is 19.4 Å². The van der Waals surface area contributed by atoms with Gasteiger partial charge in [0.2, 0.25) is 5.91 Å². The van der Waals surface area contributed by atoms with Gasteiger partial charge in [-0.25, -0.2) is 0 Å². The van der Waals surface area contributed by atoms with E-state index in [1.165, 1.54) is 0 Å². The van der Waals surface area contributed by atoms with E-state index in [1.54, 1.807) is 25.9 Å². The largest absolute Gasteiger partial charge is 0.394 e. The molecule has 1 rings (SSSR count). The van der Waals surface area contributed by atoms with Crippen LogP contribution in [0.5, 0.6) is 0 Å². The van der Waals surface area contributed by atoms with Gasteiger partial charge in [0.05, 0.1) is 18.2 Å². The fourth-order valence-corrected chi connectivity index (χ4v) is 1.95. The van der Waals surface area contributed by atoms with Crippen molar-refractivity contribution < 1.29 is 9.90 Å². The van der Waals surface area contributed by atoms with Crippen LogP contribution in [0.2, 0.25) is 0 Å². The number of amides is 1. The monoisotopic (exact) mass is 250 g/mol. The van der Waals surface area contributed by atoms with E-state index in [9.17, 15) is 9.90 Å². The molecule has 4 nitrogen and oxygen atoms in total. The Kier molecular flexibility index (Phi) is 4.87. The van der Waals surface area contributed by atoms with Crippen LogP contribution in [-0.4, -0.2) is 42.7 Å². The molecule has 0 aliphatic heterocycles.